The molecule has 0 fully saturated rings. The summed E-state index contributed by atoms with van der Waals surface area (Å²) >= 11 is 1.65. The predicted octanol–water partition coefficient (Wildman–Crippen LogP) is 7.77. The molecule has 0 saturated heterocycles. The fraction of sp³-hybridized carbons (Fsp3) is 0.345. The summed E-state index contributed by atoms with van der Waals surface area (Å²) in [7, 11) is -3.91. The van der Waals surface area contributed by atoms with Crippen LogP contribution in [0.5, 0.6) is 11.5 Å². The van der Waals surface area contributed by atoms with Gasteiger partial charge in [-0.1, -0.05) is 73.7 Å². The zero-order valence-electron chi connectivity index (χ0n) is 21.4. The number of para-hydroxylation sites is 2. The van der Waals surface area contributed by atoms with Gasteiger partial charge >= 0.3 is 13.8 Å². The number of esters is 1. The molecule has 0 aliphatic carbocycles. The number of carbonyl (C=O) groups is 1. The molecule has 0 saturated carbocycles. The molecule has 3 aromatic rings. The third-order valence-electron chi connectivity index (χ3n) is 5.66. The Hall–Kier alpha value is -2.73. The molecule has 0 aliphatic rings. The minimum Gasteiger partial charge on any atom is -0.465 e. The summed E-state index contributed by atoms with van der Waals surface area (Å²) in [6.07, 6.45) is 3.84. The lowest BCUT2D eigenvalue weighted by Crippen LogP contribution is -2.22. The number of rotatable bonds is 16. The lowest BCUT2D eigenvalue weighted by Gasteiger charge is -2.20. The van der Waals surface area contributed by atoms with Gasteiger partial charge in [-0.3, -0.25) is 9.32 Å². The van der Waals surface area contributed by atoms with Gasteiger partial charge in [-0.25, -0.2) is 4.57 Å². The lowest BCUT2D eigenvalue weighted by atomic mass is 9.91. The molecule has 0 aliphatic heterocycles. The number of phosphoric ester groups is 1. The minimum atomic E-state index is -3.91. The van der Waals surface area contributed by atoms with E-state index in [-0.39, 0.29) is 31.0 Å². The van der Waals surface area contributed by atoms with E-state index < -0.39 is 7.82 Å². The highest BCUT2D eigenvalue weighted by Gasteiger charge is 2.30. The smallest absolute Gasteiger partial charge is 0.465 e. The number of carbonyl (C=O) groups excluding carboxylic acids is 1. The quantitative estimate of drug-likeness (QED) is 0.104. The molecule has 2 unspecified atom stereocenters. The van der Waals surface area contributed by atoms with Crippen molar-refractivity contribution in [2.24, 2.45) is 5.92 Å². The monoisotopic (exact) mass is 542 g/mol. The first kappa shape index (κ1) is 28.8. The number of phosphoric acid groups is 1. The van der Waals surface area contributed by atoms with Gasteiger partial charge in [0.1, 0.15) is 11.5 Å². The van der Waals surface area contributed by atoms with E-state index in [4.69, 9.17) is 18.3 Å². The van der Waals surface area contributed by atoms with Crippen molar-refractivity contribution in [2.75, 3.05) is 25.2 Å². The maximum Gasteiger partial charge on any atom is 0.587 e. The van der Waals surface area contributed by atoms with E-state index >= 15 is 0 Å². The predicted molar refractivity (Wildman–Crippen MR) is 149 cm³/mol. The second-order valence-electron chi connectivity index (χ2n) is 8.66. The van der Waals surface area contributed by atoms with E-state index in [0.717, 1.165) is 12.2 Å². The van der Waals surface area contributed by atoms with Crippen molar-refractivity contribution in [3.63, 3.8) is 0 Å². The average molecular weight is 543 g/mol. The van der Waals surface area contributed by atoms with Crippen LogP contribution in [-0.4, -0.2) is 31.2 Å². The summed E-state index contributed by atoms with van der Waals surface area (Å²) in [4.78, 5) is 12.7. The Labute approximate surface area is 224 Å². The Morgan fingerprint density at radius 2 is 1.32 bits per heavy atom. The third kappa shape index (κ3) is 10.3. The van der Waals surface area contributed by atoms with Crippen molar-refractivity contribution in [3.8, 4) is 11.5 Å². The second kappa shape index (κ2) is 15.5. The Kier molecular flexibility index (Phi) is 12.1. The summed E-state index contributed by atoms with van der Waals surface area (Å²) in [6, 6.07) is 27.8. The highest BCUT2D eigenvalue weighted by Crippen LogP contribution is 2.49. The normalized spacial score (nSPS) is 12.9. The van der Waals surface area contributed by atoms with Crippen LogP contribution in [0, 0.1) is 5.92 Å². The van der Waals surface area contributed by atoms with Crippen molar-refractivity contribution in [3.05, 3.63) is 96.6 Å². The fourth-order valence-electron chi connectivity index (χ4n) is 3.74. The van der Waals surface area contributed by atoms with Gasteiger partial charge in [-0.15, -0.1) is 0 Å². The summed E-state index contributed by atoms with van der Waals surface area (Å²) < 4.78 is 35.7. The molecule has 37 heavy (non-hydrogen) atoms. The number of benzene rings is 3. The van der Waals surface area contributed by atoms with Gasteiger partial charge in [0.25, 0.3) is 0 Å². The molecule has 2 atom stereocenters. The molecule has 198 valence electrons. The molecule has 0 spiro atoms. The van der Waals surface area contributed by atoms with Crippen LogP contribution in [0.4, 0.5) is 0 Å². The first-order chi connectivity index (χ1) is 18.0. The number of hydrogen-bond acceptors (Lipinski definition) is 7. The van der Waals surface area contributed by atoms with Gasteiger partial charge in [0.15, 0.2) is 0 Å². The number of ether oxygens (including phenoxy) is 1. The SMILES string of the molecule is CSCC(CC(C)c1ccccc1)C(=O)OCCCCOP(=O)(Oc1ccccc1)Oc1ccccc1. The van der Waals surface area contributed by atoms with E-state index in [2.05, 4.69) is 19.1 Å². The number of unbranched alkanes of at least 4 members (excludes halogenated alkanes) is 1. The minimum absolute atomic E-state index is 0.133. The van der Waals surface area contributed by atoms with E-state index in [0.29, 0.717) is 24.3 Å². The molecule has 3 rings (SSSR count). The Bertz CT molecular complexity index is 1050. The largest absolute Gasteiger partial charge is 0.587 e. The number of thioether (sulfide) groups is 1. The van der Waals surface area contributed by atoms with Gasteiger partial charge in [0, 0.05) is 5.75 Å². The number of hydrogen-bond donors (Lipinski definition) is 0. The van der Waals surface area contributed by atoms with Crippen molar-refractivity contribution in [1.29, 1.82) is 0 Å². The van der Waals surface area contributed by atoms with Crippen LogP contribution < -0.4 is 9.05 Å². The van der Waals surface area contributed by atoms with Crippen LogP contribution in [0.1, 0.15) is 37.7 Å². The van der Waals surface area contributed by atoms with Crippen LogP contribution >= 0.6 is 19.6 Å². The van der Waals surface area contributed by atoms with E-state index in [9.17, 15) is 9.36 Å². The maximum atomic E-state index is 13.3. The molecule has 0 amide bonds. The van der Waals surface area contributed by atoms with E-state index in [1.165, 1.54) is 5.56 Å². The molecule has 0 bridgehead atoms. The van der Waals surface area contributed by atoms with Gasteiger partial charge in [-0.05, 0) is 61.3 Å². The highest BCUT2D eigenvalue weighted by molar-refractivity contribution is 7.98. The zero-order chi connectivity index (χ0) is 26.3. The van der Waals surface area contributed by atoms with Crippen LogP contribution in [0.3, 0.4) is 0 Å². The van der Waals surface area contributed by atoms with Gasteiger partial charge in [0.2, 0.25) is 0 Å². The average Bonchev–Trinajstić information content (AvgIpc) is 2.91. The van der Waals surface area contributed by atoms with Crippen LogP contribution in [-0.2, 0) is 18.6 Å². The summed E-state index contributed by atoms with van der Waals surface area (Å²) in [5.74, 6) is 1.42. The van der Waals surface area contributed by atoms with Crippen LogP contribution in [0.15, 0.2) is 91.0 Å². The van der Waals surface area contributed by atoms with E-state index in [1.807, 2.05) is 36.6 Å². The van der Waals surface area contributed by atoms with Crippen LogP contribution in [0.25, 0.3) is 0 Å². The molecule has 0 radical (unpaired) electrons. The van der Waals surface area contributed by atoms with Crippen molar-refractivity contribution >= 4 is 25.6 Å². The molecular weight excluding hydrogens is 507 g/mol. The first-order valence-electron chi connectivity index (χ1n) is 12.4. The molecular formula is C29H35O6PS. The van der Waals surface area contributed by atoms with E-state index in [1.54, 1.807) is 60.3 Å². The maximum absolute atomic E-state index is 13.3. The molecule has 6 nitrogen and oxygen atoms in total. The Morgan fingerprint density at radius 3 is 1.86 bits per heavy atom. The molecule has 0 N–H and O–H groups in total. The van der Waals surface area contributed by atoms with Crippen molar-refractivity contribution < 1.29 is 27.7 Å². The van der Waals surface area contributed by atoms with Gasteiger partial charge < -0.3 is 13.8 Å². The molecule has 3 aromatic carbocycles. The Balaban J connectivity index is 1.45. The molecule has 8 heteroatoms. The standard InChI is InChI=1S/C29H35O6PS/c1-24(25-14-6-3-7-15-25)22-26(23-37-2)29(30)32-20-12-13-21-33-36(31,34-27-16-8-4-9-17-27)35-28-18-10-5-11-19-28/h3-11,14-19,24,26H,12-13,20-23H2,1-2H3. The zero-order valence-corrected chi connectivity index (χ0v) is 23.1. The topological polar surface area (TPSA) is 71.1 Å². The van der Waals surface area contributed by atoms with Crippen LogP contribution in [0.2, 0.25) is 0 Å². The highest BCUT2D eigenvalue weighted by atomic mass is 32.2. The van der Waals surface area contributed by atoms with Crippen molar-refractivity contribution in [2.45, 2.75) is 32.1 Å². The fourth-order valence-corrected chi connectivity index (χ4v) is 5.67. The summed E-state index contributed by atoms with van der Waals surface area (Å²) in [5, 5.41) is 0. The molecule has 0 aromatic heterocycles. The second-order valence-corrected chi connectivity index (χ2v) is 11.1. The summed E-state index contributed by atoms with van der Waals surface area (Å²) in [5.41, 5.74) is 1.22. The Morgan fingerprint density at radius 1 is 0.811 bits per heavy atom. The van der Waals surface area contributed by atoms with Crippen molar-refractivity contribution in [1.82, 2.24) is 0 Å². The van der Waals surface area contributed by atoms with Gasteiger partial charge in [-0.2, -0.15) is 11.8 Å². The lowest BCUT2D eigenvalue weighted by molar-refractivity contribution is -0.148. The summed E-state index contributed by atoms with van der Waals surface area (Å²) in [6.45, 7) is 2.55. The van der Waals surface area contributed by atoms with Gasteiger partial charge in [0.05, 0.1) is 19.1 Å². The molecule has 0 heterocycles. The first-order valence-corrected chi connectivity index (χ1v) is 15.3. The third-order valence-corrected chi connectivity index (χ3v) is 7.76.